The number of aliphatic hydroxyl groups excluding tert-OH is 1. The first-order valence-corrected chi connectivity index (χ1v) is 5.31. The van der Waals surface area contributed by atoms with Crippen LogP contribution < -0.4 is 0 Å². The SMILES string of the molecule is O=C(O)c1ccc(-c2ccc(Cl)c(CO)c2)[nH]1. The number of carboxylic acid groups (broad SMARTS) is 1. The van der Waals surface area contributed by atoms with E-state index >= 15 is 0 Å². The number of aromatic amines is 1. The number of carbonyl (C=O) groups is 1. The Kier molecular flexibility index (Phi) is 3.17. The predicted molar refractivity (Wildman–Crippen MR) is 64.1 cm³/mol. The van der Waals surface area contributed by atoms with E-state index in [0.29, 0.717) is 16.3 Å². The molecule has 0 saturated heterocycles. The van der Waals surface area contributed by atoms with Gasteiger partial charge in [0.05, 0.1) is 6.61 Å². The Morgan fingerprint density at radius 3 is 2.65 bits per heavy atom. The highest BCUT2D eigenvalue weighted by Gasteiger charge is 2.08. The molecule has 5 heteroatoms. The first-order chi connectivity index (χ1) is 8.11. The summed E-state index contributed by atoms with van der Waals surface area (Å²) in [7, 11) is 0. The summed E-state index contributed by atoms with van der Waals surface area (Å²) in [5.41, 5.74) is 2.19. The molecule has 2 aromatic rings. The van der Waals surface area contributed by atoms with Gasteiger partial charge < -0.3 is 15.2 Å². The van der Waals surface area contributed by atoms with Crippen molar-refractivity contribution in [3.8, 4) is 11.3 Å². The van der Waals surface area contributed by atoms with Gasteiger partial charge >= 0.3 is 5.97 Å². The monoisotopic (exact) mass is 251 g/mol. The Morgan fingerprint density at radius 1 is 1.29 bits per heavy atom. The maximum Gasteiger partial charge on any atom is 0.352 e. The van der Waals surface area contributed by atoms with Crippen LogP contribution in [0.3, 0.4) is 0 Å². The number of rotatable bonds is 3. The van der Waals surface area contributed by atoms with Gasteiger partial charge in [0.25, 0.3) is 0 Å². The lowest BCUT2D eigenvalue weighted by molar-refractivity contribution is 0.0691. The van der Waals surface area contributed by atoms with Crippen LogP contribution in [0.4, 0.5) is 0 Å². The molecule has 1 aromatic heterocycles. The van der Waals surface area contributed by atoms with Crippen molar-refractivity contribution in [2.24, 2.45) is 0 Å². The topological polar surface area (TPSA) is 73.3 Å². The quantitative estimate of drug-likeness (QED) is 0.785. The van der Waals surface area contributed by atoms with Crippen molar-refractivity contribution in [1.82, 2.24) is 4.98 Å². The molecule has 3 N–H and O–H groups in total. The number of aliphatic hydroxyl groups is 1. The van der Waals surface area contributed by atoms with E-state index < -0.39 is 5.97 Å². The summed E-state index contributed by atoms with van der Waals surface area (Å²) in [5, 5.41) is 18.4. The van der Waals surface area contributed by atoms with Crippen molar-refractivity contribution in [2.45, 2.75) is 6.61 Å². The summed E-state index contributed by atoms with van der Waals surface area (Å²) in [5.74, 6) is -1.01. The van der Waals surface area contributed by atoms with Crippen LogP contribution >= 0.6 is 11.6 Å². The van der Waals surface area contributed by atoms with E-state index in [1.807, 2.05) is 0 Å². The number of hydrogen-bond acceptors (Lipinski definition) is 2. The fourth-order valence-corrected chi connectivity index (χ4v) is 1.73. The van der Waals surface area contributed by atoms with Crippen molar-refractivity contribution in [3.63, 3.8) is 0 Å². The third kappa shape index (κ3) is 2.33. The van der Waals surface area contributed by atoms with E-state index in [4.69, 9.17) is 21.8 Å². The minimum absolute atomic E-state index is 0.125. The maximum absolute atomic E-state index is 10.7. The van der Waals surface area contributed by atoms with E-state index in [0.717, 1.165) is 5.56 Å². The highest BCUT2D eigenvalue weighted by molar-refractivity contribution is 6.31. The van der Waals surface area contributed by atoms with E-state index in [9.17, 15) is 4.79 Å². The summed E-state index contributed by atoms with van der Waals surface area (Å²) >= 11 is 5.88. The molecular formula is C12H10ClNO3. The van der Waals surface area contributed by atoms with E-state index in [2.05, 4.69) is 4.98 Å². The summed E-state index contributed by atoms with van der Waals surface area (Å²) in [6.45, 7) is -0.154. The second-order valence-electron chi connectivity index (χ2n) is 3.56. The molecule has 17 heavy (non-hydrogen) atoms. The Labute approximate surface area is 102 Å². The van der Waals surface area contributed by atoms with Crippen LogP contribution in [0.15, 0.2) is 30.3 Å². The molecule has 0 radical (unpaired) electrons. The fourth-order valence-electron chi connectivity index (χ4n) is 1.55. The van der Waals surface area contributed by atoms with Gasteiger partial charge in [-0.05, 0) is 35.4 Å². The first-order valence-electron chi connectivity index (χ1n) is 4.94. The van der Waals surface area contributed by atoms with Crippen LogP contribution in [0.5, 0.6) is 0 Å². The number of H-pyrrole nitrogens is 1. The lowest BCUT2D eigenvalue weighted by atomic mass is 10.1. The van der Waals surface area contributed by atoms with Crippen molar-refractivity contribution in [1.29, 1.82) is 0 Å². The summed E-state index contributed by atoms with van der Waals surface area (Å²) in [6.07, 6.45) is 0. The molecule has 0 saturated carbocycles. The van der Waals surface area contributed by atoms with Crippen LogP contribution in [-0.2, 0) is 6.61 Å². The van der Waals surface area contributed by atoms with Crippen LogP contribution in [0.2, 0.25) is 5.02 Å². The number of aromatic nitrogens is 1. The minimum atomic E-state index is -1.01. The molecule has 0 aliphatic rings. The Morgan fingerprint density at radius 2 is 2.06 bits per heavy atom. The van der Waals surface area contributed by atoms with Gasteiger partial charge in [-0.3, -0.25) is 0 Å². The molecule has 1 heterocycles. The highest BCUT2D eigenvalue weighted by Crippen LogP contribution is 2.24. The Bertz CT molecular complexity index is 563. The maximum atomic E-state index is 10.7. The van der Waals surface area contributed by atoms with Gasteiger partial charge in [-0.2, -0.15) is 0 Å². The number of nitrogens with one attached hydrogen (secondary N) is 1. The minimum Gasteiger partial charge on any atom is -0.477 e. The van der Waals surface area contributed by atoms with Crippen molar-refractivity contribution >= 4 is 17.6 Å². The molecule has 0 unspecified atom stereocenters. The smallest absolute Gasteiger partial charge is 0.352 e. The zero-order chi connectivity index (χ0) is 12.4. The average Bonchev–Trinajstić information content (AvgIpc) is 2.79. The molecular weight excluding hydrogens is 242 g/mol. The van der Waals surface area contributed by atoms with Gasteiger partial charge in [-0.25, -0.2) is 4.79 Å². The molecule has 0 bridgehead atoms. The van der Waals surface area contributed by atoms with Gasteiger partial charge in [0.1, 0.15) is 5.69 Å². The zero-order valence-corrected chi connectivity index (χ0v) is 9.53. The standard InChI is InChI=1S/C12H10ClNO3/c13-9-2-1-7(5-8(9)6-15)10-3-4-11(14-10)12(16)17/h1-5,14-15H,6H2,(H,16,17). The van der Waals surface area contributed by atoms with Gasteiger partial charge in [-0.1, -0.05) is 17.7 Å². The molecule has 2 rings (SSSR count). The van der Waals surface area contributed by atoms with Crippen LogP contribution in [0.25, 0.3) is 11.3 Å². The zero-order valence-electron chi connectivity index (χ0n) is 8.77. The molecule has 0 amide bonds. The van der Waals surface area contributed by atoms with Crippen molar-refractivity contribution < 1.29 is 15.0 Å². The lowest BCUT2D eigenvalue weighted by Gasteiger charge is -2.03. The number of benzene rings is 1. The van der Waals surface area contributed by atoms with Gasteiger partial charge in [0.15, 0.2) is 0 Å². The van der Waals surface area contributed by atoms with Gasteiger partial charge in [0.2, 0.25) is 0 Å². The number of halogens is 1. The number of aromatic carboxylic acids is 1. The molecule has 4 nitrogen and oxygen atoms in total. The Balaban J connectivity index is 2.42. The van der Waals surface area contributed by atoms with Gasteiger partial charge in [-0.15, -0.1) is 0 Å². The van der Waals surface area contributed by atoms with E-state index in [1.165, 1.54) is 6.07 Å². The number of hydrogen-bond donors (Lipinski definition) is 3. The molecule has 1 aromatic carbocycles. The second-order valence-corrected chi connectivity index (χ2v) is 3.96. The summed E-state index contributed by atoms with van der Waals surface area (Å²) < 4.78 is 0. The molecule has 0 atom stereocenters. The highest BCUT2D eigenvalue weighted by atomic mass is 35.5. The van der Waals surface area contributed by atoms with Crippen LogP contribution in [-0.4, -0.2) is 21.2 Å². The summed E-state index contributed by atoms with van der Waals surface area (Å²) in [4.78, 5) is 13.5. The largest absolute Gasteiger partial charge is 0.477 e. The average molecular weight is 252 g/mol. The van der Waals surface area contributed by atoms with Crippen LogP contribution in [0, 0.1) is 0 Å². The molecule has 0 aliphatic heterocycles. The molecule has 0 aliphatic carbocycles. The molecule has 0 fully saturated rings. The van der Waals surface area contributed by atoms with E-state index in [-0.39, 0.29) is 12.3 Å². The van der Waals surface area contributed by atoms with Gasteiger partial charge in [0, 0.05) is 10.7 Å². The predicted octanol–water partition coefficient (Wildman–Crippen LogP) is 2.53. The lowest BCUT2D eigenvalue weighted by Crippen LogP contribution is -1.95. The Hall–Kier alpha value is -1.78. The third-order valence-corrected chi connectivity index (χ3v) is 2.81. The van der Waals surface area contributed by atoms with Crippen molar-refractivity contribution in [3.05, 3.63) is 46.6 Å². The first kappa shape index (κ1) is 11.7. The normalized spacial score (nSPS) is 10.5. The van der Waals surface area contributed by atoms with Crippen molar-refractivity contribution in [2.75, 3.05) is 0 Å². The fraction of sp³-hybridized carbons (Fsp3) is 0.0833. The summed E-state index contributed by atoms with van der Waals surface area (Å²) in [6, 6.07) is 8.32. The second kappa shape index (κ2) is 4.61. The number of carboxylic acids is 1. The van der Waals surface area contributed by atoms with Crippen LogP contribution in [0.1, 0.15) is 16.1 Å². The molecule has 88 valence electrons. The third-order valence-electron chi connectivity index (χ3n) is 2.44. The van der Waals surface area contributed by atoms with E-state index in [1.54, 1.807) is 24.3 Å². The molecule has 0 spiro atoms.